The highest BCUT2D eigenvalue weighted by atomic mass is 16.3. The number of benzene rings is 2. The Kier molecular flexibility index (Phi) is 5.28. The molecule has 0 saturated carbocycles. The van der Waals surface area contributed by atoms with Crippen molar-refractivity contribution in [1.82, 2.24) is 4.90 Å². The van der Waals surface area contributed by atoms with Crippen LogP contribution in [-0.2, 0) is 10.4 Å². The molecule has 0 bridgehead atoms. The molecule has 1 fully saturated rings. The number of furan rings is 1. The van der Waals surface area contributed by atoms with E-state index in [1.807, 2.05) is 30.3 Å². The third-order valence-corrected chi connectivity index (χ3v) is 6.29. The van der Waals surface area contributed by atoms with Crippen LogP contribution in [0.1, 0.15) is 22.5 Å². The highest BCUT2D eigenvalue weighted by Crippen LogP contribution is 2.43. The lowest BCUT2D eigenvalue weighted by atomic mass is 9.89. The number of anilines is 2. The van der Waals surface area contributed by atoms with Gasteiger partial charge in [-0.25, -0.2) is 0 Å². The van der Waals surface area contributed by atoms with Crippen LogP contribution < -0.4 is 9.80 Å². The van der Waals surface area contributed by atoms with Gasteiger partial charge in [-0.2, -0.15) is 0 Å². The van der Waals surface area contributed by atoms with E-state index < -0.39 is 17.3 Å². The van der Waals surface area contributed by atoms with E-state index >= 15 is 0 Å². The average Bonchev–Trinajstić information content (AvgIpc) is 3.44. The van der Waals surface area contributed by atoms with Gasteiger partial charge >= 0.3 is 0 Å². The third-order valence-electron chi connectivity index (χ3n) is 6.29. The Morgan fingerprint density at radius 1 is 0.938 bits per heavy atom. The molecule has 1 unspecified atom stereocenters. The number of nitrogens with zero attached hydrogens (tertiary/aromatic N) is 3. The smallest absolute Gasteiger partial charge is 0.265 e. The number of ketones is 1. The van der Waals surface area contributed by atoms with E-state index in [1.165, 1.54) is 12.0 Å². The van der Waals surface area contributed by atoms with Crippen molar-refractivity contribution in [3.63, 3.8) is 0 Å². The van der Waals surface area contributed by atoms with E-state index in [1.54, 1.807) is 29.2 Å². The molecule has 1 saturated heterocycles. The fraction of sp³-hybridized carbons (Fsp3) is 0.280. The Hall–Kier alpha value is -3.42. The summed E-state index contributed by atoms with van der Waals surface area (Å²) in [5.74, 6) is -0.734. The molecule has 0 spiro atoms. The Labute approximate surface area is 186 Å². The number of carbonyl (C=O) groups excluding carboxylic acids is 2. The molecule has 2 aliphatic heterocycles. The van der Waals surface area contributed by atoms with Crippen molar-refractivity contribution in [2.24, 2.45) is 0 Å². The highest BCUT2D eigenvalue weighted by Gasteiger charge is 2.51. The number of fused-ring (bicyclic) bond motifs is 1. The fourth-order valence-corrected chi connectivity index (χ4v) is 4.56. The molecular formula is C25H25N3O4. The maximum absolute atomic E-state index is 13.4. The van der Waals surface area contributed by atoms with Crippen LogP contribution in [-0.4, -0.2) is 54.5 Å². The molecule has 164 valence electrons. The molecule has 1 aromatic heterocycles. The van der Waals surface area contributed by atoms with Crippen molar-refractivity contribution in [3.05, 3.63) is 84.3 Å². The van der Waals surface area contributed by atoms with Crippen molar-refractivity contribution >= 4 is 23.1 Å². The Bertz CT molecular complexity index is 1110. The predicted molar refractivity (Wildman–Crippen MR) is 121 cm³/mol. The quantitative estimate of drug-likeness (QED) is 0.605. The summed E-state index contributed by atoms with van der Waals surface area (Å²) in [4.78, 5) is 32.2. The van der Waals surface area contributed by atoms with Gasteiger partial charge in [0.05, 0.1) is 25.0 Å². The first-order chi connectivity index (χ1) is 15.6. The molecule has 3 heterocycles. The highest BCUT2D eigenvalue weighted by molar-refractivity contribution is 6.10. The first-order valence-electron chi connectivity index (χ1n) is 10.8. The number of hydrogen-bond donors (Lipinski definition) is 1. The number of aliphatic hydroxyl groups is 1. The SMILES string of the molecule is O=C(CC1(O)C(=O)N(CN2CCN(c3ccccc3)CC2)c2ccccc21)c1ccco1. The molecule has 3 aromatic rings. The minimum Gasteiger partial charge on any atom is -0.461 e. The number of rotatable bonds is 6. The molecule has 2 aromatic carbocycles. The second-order valence-electron chi connectivity index (χ2n) is 8.27. The minimum absolute atomic E-state index is 0.138. The van der Waals surface area contributed by atoms with Crippen LogP contribution in [0.4, 0.5) is 11.4 Å². The third kappa shape index (κ3) is 3.59. The molecule has 0 aliphatic carbocycles. The van der Waals surface area contributed by atoms with Gasteiger partial charge in [-0.3, -0.25) is 19.4 Å². The van der Waals surface area contributed by atoms with Gasteiger partial charge in [0.25, 0.3) is 5.91 Å². The summed E-state index contributed by atoms with van der Waals surface area (Å²) in [5, 5.41) is 11.4. The molecule has 32 heavy (non-hydrogen) atoms. The van der Waals surface area contributed by atoms with Crippen LogP contribution in [0.2, 0.25) is 0 Å². The second-order valence-corrected chi connectivity index (χ2v) is 8.27. The molecule has 5 rings (SSSR count). The summed E-state index contributed by atoms with van der Waals surface area (Å²) >= 11 is 0. The van der Waals surface area contributed by atoms with Gasteiger partial charge in [-0.1, -0.05) is 36.4 Å². The average molecular weight is 431 g/mol. The molecule has 7 nitrogen and oxygen atoms in total. The van der Waals surface area contributed by atoms with Crippen LogP contribution in [0.5, 0.6) is 0 Å². The summed E-state index contributed by atoms with van der Waals surface area (Å²) < 4.78 is 5.17. The zero-order valence-electron chi connectivity index (χ0n) is 17.7. The normalized spacial score (nSPS) is 21.1. The molecule has 0 radical (unpaired) electrons. The summed E-state index contributed by atoms with van der Waals surface area (Å²) in [6.07, 6.45) is 1.05. The number of hydrogen-bond acceptors (Lipinski definition) is 6. The summed E-state index contributed by atoms with van der Waals surface area (Å²) in [5.41, 5.74) is 0.415. The van der Waals surface area contributed by atoms with Crippen molar-refractivity contribution < 1.29 is 19.1 Å². The lowest BCUT2D eigenvalue weighted by molar-refractivity contribution is -0.136. The first-order valence-corrected chi connectivity index (χ1v) is 10.8. The first kappa shape index (κ1) is 20.5. The Balaban J connectivity index is 1.32. The topological polar surface area (TPSA) is 77.2 Å². The lowest BCUT2D eigenvalue weighted by Gasteiger charge is -2.38. The summed E-state index contributed by atoms with van der Waals surface area (Å²) in [6.45, 7) is 3.68. The van der Waals surface area contributed by atoms with E-state index in [9.17, 15) is 14.7 Å². The number of Topliss-reactive ketones (excluding diaryl/α,β-unsaturated/α-hetero) is 1. The zero-order chi connectivity index (χ0) is 22.1. The van der Waals surface area contributed by atoms with Crippen molar-refractivity contribution in [3.8, 4) is 0 Å². The monoisotopic (exact) mass is 431 g/mol. The molecular weight excluding hydrogens is 406 g/mol. The van der Waals surface area contributed by atoms with Gasteiger partial charge in [0.1, 0.15) is 0 Å². The molecule has 2 aliphatic rings. The van der Waals surface area contributed by atoms with Crippen molar-refractivity contribution in [2.75, 3.05) is 42.6 Å². The van der Waals surface area contributed by atoms with Gasteiger partial charge in [0.15, 0.2) is 11.4 Å². The molecule has 1 N–H and O–H groups in total. The molecule has 1 amide bonds. The maximum atomic E-state index is 13.4. The van der Waals surface area contributed by atoms with Gasteiger partial charge in [0.2, 0.25) is 5.78 Å². The fourth-order valence-electron chi connectivity index (χ4n) is 4.56. The van der Waals surface area contributed by atoms with Crippen LogP contribution >= 0.6 is 0 Å². The minimum atomic E-state index is -1.90. The van der Waals surface area contributed by atoms with Crippen LogP contribution in [0, 0.1) is 0 Å². The van der Waals surface area contributed by atoms with Crippen molar-refractivity contribution in [1.29, 1.82) is 0 Å². The second kappa shape index (κ2) is 8.26. The van der Waals surface area contributed by atoms with Gasteiger partial charge in [-0.15, -0.1) is 0 Å². The summed E-state index contributed by atoms with van der Waals surface area (Å²) in [7, 11) is 0. The van der Waals surface area contributed by atoms with Gasteiger partial charge in [0, 0.05) is 37.4 Å². The van der Waals surface area contributed by atoms with Crippen molar-refractivity contribution in [2.45, 2.75) is 12.0 Å². The van der Waals surface area contributed by atoms with Crippen LogP contribution in [0.15, 0.2) is 77.4 Å². The number of piperazine rings is 1. The largest absolute Gasteiger partial charge is 0.461 e. The van der Waals surface area contributed by atoms with E-state index in [0.717, 1.165) is 26.2 Å². The standard InChI is InChI=1S/C25H25N3O4/c29-22(23-11-6-16-32-23)17-25(31)20-9-4-5-10-21(20)28(24(25)30)18-26-12-14-27(15-13-26)19-7-2-1-3-8-19/h1-11,16,31H,12-15,17-18H2. The number of carbonyl (C=O) groups is 2. The number of amides is 1. The molecule has 1 atom stereocenters. The van der Waals surface area contributed by atoms with Gasteiger partial charge < -0.3 is 14.4 Å². The van der Waals surface area contributed by atoms with E-state index in [0.29, 0.717) is 17.9 Å². The van der Waals surface area contributed by atoms with E-state index in [-0.39, 0.29) is 12.2 Å². The Morgan fingerprint density at radius 3 is 2.38 bits per heavy atom. The van der Waals surface area contributed by atoms with Gasteiger partial charge in [-0.05, 0) is 30.3 Å². The number of para-hydroxylation sites is 2. The Morgan fingerprint density at radius 2 is 1.66 bits per heavy atom. The van der Waals surface area contributed by atoms with Crippen LogP contribution in [0.25, 0.3) is 0 Å². The molecule has 7 heteroatoms. The van der Waals surface area contributed by atoms with E-state index in [4.69, 9.17) is 4.42 Å². The van der Waals surface area contributed by atoms with Crippen LogP contribution in [0.3, 0.4) is 0 Å². The maximum Gasteiger partial charge on any atom is 0.265 e. The lowest BCUT2D eigenvalue weighted by Crippen LogP contribution is -2.52. The zero-order valence-corrected chi connectivity index (χ0v) is 17.7. The predicted octanol–water partition coefficient (Wildman–Crippen LogP) is 2.87. The summed E-state index contributed by atoms with van der Waals surface area (Å²) in [6, 6.07) is 20.6. The van der Waals surface area contributed by atoms with E-state index in [2.05, 4.69) is 21.9 Å².